The van der Waals surface area contributed by atoms with Gasteiger partial charge in [0.05, 0.1) is 5.54 Å². The van der Waals surface area contributed by atoms with E-state index in [0.29, 0.717) is 19.4 Å². The molecule has 19 heavy (non-hydrogen) atoms. The second-order valence-electron chi connectivity index (χ2n) is 5.91. The second kappa shape index (κ2) is 6.37. The average Bonchev–Trinajstić information content (AvgIpc) is 2.55. The van der Waals surface area contributed by atoms with Gasteiger partial charge in [0.2, 0.25) is 5.91 Å². The molecule has 1 fully saturated rings. The van der Waals surface area contributed by atoms with Crippen LogP contribution in [0.25, 0.3) is 0 Å². The fourth-order valence-electron chi connectivity index (χ4n) is 2.62. The van der Waals surface area contributed by atoms with Crippen molar-refractivity contribution in [2.75, 3.05) is 6.54 Å². The number of nitrogens with one attached hydrogen (secondary N) is 2. The van der Waals surface area contributed by atoms with Gasteiger partial charge in [-0.1, -0.05) is 32.6 Å². The van der Waals surface area contributed by atoms with Crippen LogP contribution in [0.15, 0.2) is 0 Å². The Hall–Kier alpha value is -1.10. The topological polar surface area (TPSA) is 78.4 Å². The van der Waals surface area contributed by atoms with E-state index in [2.05, 4.69) is 10.6 Å². The average molecular weight is 270 g/mol. The summed E-state index contributed by atoms with van der Waals surface area (Å²) >= 11 is 0. The first-order valence-corrected chi connectivity index (χ1v) is 7.15. The largest absolute Gasteiger partial charge is 0.480 e. The summed E-state index contributed by atoms with van der Waals surface area (Å²) in [5.74, 6) is -1.14. The van der Waals surface area contributed by atoms with E-state index < -0.39 is 17.0 Å². The van der Waals surface area contributed by atoms with Crippen LogP contribution in [0.2, 0.25) is 0 Å². The molecule has 0 unspecified atom stereocenters. The number of carbonyl (C=O) groups is 2. The Bertz CT molecular complexity index is 332. The predicted octanol–water partition coefficient (Wildman–Crippen LogP) is 1.67. The van der Waals surface area contributed by atoms with Crippen molar-refractivity contribution >= 4 is 11.9 Å². The highest BCUT2D eigenvalue weighted by Crippen LogP contribution is 2.28. The third-order valence-electron chi connectivity index (χ3n) is 3.91. The zero-order chi connectivity index (χ0) is 14.5. The molecule has 0 bridgehead atoms. The molecule has 0 atom stereocenters. The predicted molar refractivity (Wildman–Crippen MR) is 74.0 cm³/mol. The van der Waals surface area contributed by atoms with Crippen LogP contribution in [0.4, 0.5) is 0 Å². The van der Waals surface area contributed by atoms with Crippen LogP contribution < -0.4 is 10.6 Å². The molecular formula is C14H26N2O3. The van der Waals surface area contributed by atoms with E-state index in [1.807, 2.05) is 6.92 Å². The Morgan fingerprint density at radius 1 is 1.16 bits per heavy atom. The van der Waals surface area contributed by atoms with Gasteiger partial charge in [0, 0.05) is 0 Å². The molecule has 1 rings (SSSR count). The molecule has 1 aliphatic carbocycles. The minimum Gasteiger partial charge on any atom is -0.480 e. The van der Waals surface area contributed by atoms with Crippen LogP contribution in [0, 0.1) is 0 Å². The molecule has 5 nitrogen and oxygen atoms in total. The molecule has 1 saturated carbocycles. The maximum absolute atomic E-state index is 12.3. The van der Waals surface area contributed by atoms with Gasteiger partial charge >= 0.3 is 5.97 Å². The smallest absolute Gasteiger partial charge is 0.329 e. The van der Waals surface area contributed by atoms with Gasteiger partial charge in [-0.2, -0.15) is 0 Å². The number of likely N-dealkylation sites (N-methyl/N-ethyl adjacent to an activating group) is 1. The molecule has 0 spiro atoms. The van der Waals surface area contributed by atoms with Crippen molar-refractivity contribution < 1.29 is 14.7 Å². The van der Waals surface area contributed by atoms with Gasteiger partial charge in [-0.05, 0) is 33.2 Å². The molecule has 1 aliphatic rings. The summed E-state index contributed by atoms with van der Waals surface area (Å²) in [6.07, 6.45) is 4.85. The van der Waals surface area contributed by atoms with E-state index in [4.69, 9.17) is 0 Å². The summed E-state index contributed by atoms with van der Waals surface area (Å²) in [6, 6.07) is 0. The standard InChI is InChI=1S/C14H26N2O3/c1-4-15-13(2,3)11(17)16-14(12(18)19)9-7-5-6-8-10-14/h15H,4-10H2,1-3H3,(H,16,17)(H,18,19). The summed E-state index contributed by atoms with van der Waals surface area (Å²) in [7, 11) is 0. The summed E-state index contributed by atoms with van der Waals surface area (Å²) in [5, 5.41) is 15.4. The van der Waals surface area contributed by atoms with Gasteiger partial charge < -0.3 is 15.7 Å². The van der Waals surface area contributed by atoms with Crippen molar-refractivity contribution in [2.45, 2.75) is 70.4 Å². The van der Waals surface area contributed by atoms with Crippen molar-refractivity contribution in [2.24, 2.45) is 0 Å². The van der Waals surface area contributed by atoms with Crippen LogP contribution in [0.5, 0.6) is 0 Å². The van der Waals surface area contributed by atoms with Crippen LogP contribution in [0.1, 0.15) is 59.3 Å². The lowest BCUT2D eigenvalue weighted by Gasteiger charge is -2.34. The number of hydrogen-bond donors (Lipinski definition) is 3. The van der Waals surface area contributed by atoms with Gasteiger partial charge in [0.15, 0.2) is 0 Å². The molecule has 5 heteroatoms. The molecule has 1 amide bonds. The molecule has 0 aromatic rings. The maximum atomic E-state index is 12.3. The molecule has 0 saturated heterocycles. The van der Waals surface area contributed by atoms with Crippen LogP contribution >= 0.6 is 0 Å². The molecule has 0 aromatic heterocycles. The highest BCUT2D eigenvalue weighted by molar-refractivity contribution is 5.91. The molecule has 110 valence electrons. The van der Waals surface area contributed by atoms with Crippen LogP contribution in [-0.2, 0) is 9.59 Å². The van der Waals surface area contributed by atoms with Crippen molar-refractivity contribution in [3.05, 3.63) is 0 Å². The Morgan fingerprint density at radius 2 is 1.68 bits per heavy atom. The maximum Gasteiger partial charge on any atom is 0.329 e. The second-order valence-corrected chi connectivity index (χ2v) is 5.91. The summed E-state index contributed by atoms with van der Waals surface area (Å²) in [5.41, 5.74) is -1.83. The minimum absolute atomic E-state index is 0.237. The van der Waals surface area contributed by atoms with Crippen molar-refractivity contribution in [3.63, 3.8) is 0 Å². The zero-order valence-corrected chi connectivity index (χ0v) is 12.2. The van der Waals surface area contributed by atoms with Crippen molar-refractivity contribution in [3.8, 4) is 0 Å². The van der Waals surface area contributed by atoms with Gasteiger partial charge in [0.1, 0.15) is 5.54 Å². The number of carbonyl (C=O) groups excluding carboxylic acids is 1. The number of aliphatic carboxylic acids is 1. The molecule has 0 heterocycles. The molecular weight excluding hydrogens is 244 g/mol. The minimum atomic E-state index is -1.08. The number of carboxylic acids is 1. The Labute approximate surface area is 115 Å². The van der Waals surface area contributed by atoms with E-state index in [0.717, 1.165) is 25.7 Å². The van der Waals surface area contributed by atoms with Crippen LogP contribution in [0.3, 0.4) is 0 Å². The highest BCUT2D eigenvalue weighted by atomic mass is 16.4. The lowest BCUT2D eigenvalue weighted by atomic mass is 9.88. The fourth-order valence-corrected chi connectivity index (χ4v) is 2.62. The number of carboxylic acid groups (broad SMARTS) is 1. The van der Waals surface area contributed by atoms with Crippen molar-refractivity contribution in [1.82, 2.24) is 10.6 Å². The monoisotopic (exact) mass is 270 g/mol. The fraction of sp³-hybridized carbons (Fsp3) is 0.857. The molecule has 0 radical (unpaired) electrons. The lowest BCUT2D eigenvalue weighted by molar-refractivity contribution is -0.149. The quantitative estimate of drug-likeness (QED) is 0.664. The summed E-state index contributed by atoms with van der Waals surface area (Å²) in [4.78, 5) is 23.9. The van der Waals surface area contributed by atoms with Gasteiger partial charge in [-0.15, -0.1) is 0 Å². The first-order chi connectivity index (χ1) is 8.84. The van der Waals surface area contributed by atoms with Gasteiger partial charge in [-0.25, -0.2) is 4.79 Å². The van der Waals surface area contributed by atoms with E-state index in [-0.39, 0.29) is 5.91 Å². The molecule has 0 aromatic carbocycles. The SMILES string of the molecule is CCNC(C)(C)C(=O)NC1(C(=O)O)CCCCCC1. The Balaban J connectivity index is 2.83. The van der Waals surface area contributed by atoms with Gasteiger partial charge in [0.25, 0.3) is 0 Å². The van der Waals surface area contributed by atoms with Crippen LogP contribution in [-0.4, -0.2) is 34.6 Å². The Morgan fingerprint density at radius 3 is 2.11 bits per heavy atom. The first kappa shape index (κ1) is 16.0. The highest BCUT2D eigenvalue weighted by Gasteiger charge is 2.42. The first-order valence-electron chi connectivity index (χ1n) is 7.15. The third kappa shape index (κ3) is 3.93. The number of amides is 1. The van der Waals surface area contributed by atoms with E-state index in [1.54, 1.807) is 13.8 Å². The summed E-state index contributed by atoms with van der Waals surface area (Å²) < 4.78 is 0. The van der Waals surface area contributed by atoms with E-state index in [9.17, 15) is 14.7 Å². The van der Waals surface area contributed by atoms with Crippen molar-refractivity contribution in [1.29, 1.82) is 0 Å². The lowest BCUT2D eigenvalue weighted by Crippen LogP contribution is -2.62. The van der Waals surface area contributed by atoms with E-state index >= 15 is 0 Å². The third-order valence-corrected chi connectivity index (χ3v) is 3.91. The molecule has 3 N–H and O–H groups in total. The molecule has 0 aliphatic heterocycles. The number of hydrogen-bond acceptors (Lipinski definition) is 3. The normalized spacial score (nSPS) is 19.5. The summed E-state index contributed by atoms with van der Waals surface area (Å²) in [6.45, 7) is 6.14. The van der Waals surface area contributed by atoms with Gasteiger partial charge in [-0.3, -0.25) is 4.79 Å². The number of rotatable bonds is 5. The Kier molecular flexibility index (Phi) is 5.35. The van der Waals surface area contributed by atoms with E-state index in [1.165, 1.54) is 0 Å². The zero-order valence-electron chi connectivity index (χ0n) is 12.2.